The standard InChI is InChI=1S/C11H15F/c1-9-5-3-7-11(12)8-4-6-10(9)2/h5-7H,3-4,8H2,1-2H3/b9-5?,10-6?,11-7+. The third kappa shape index (κ3) is 2.65. The van der Waals surface area contributed by atoms with Crippen LogP contribution in [0.15, 0.2) is 35.2 Å². The first-order chi connectivity index (χ1) is 5.70. The molecule has 0 atom stereocenters. The van der Waals surface area contributed by atoms with Crippen LogP contribution in [0.2, 0.25) is 0 Å². The first-order valence-electron chi connectivity index (χ1n) is 4.38. The maximum absolute atomic E-state index is 12.9. The van der Waals surface area contributed by atoms with E-state index in [0.29, 0.717) is 6.42 Å². The first-order valence-corrected chi connectivity index (χ1v) is 4.38. The molecule has 0 amide bonds. The molecule has 1 aliphatic carbocycles. The molecule has 0 heterocycles. The SMILES string of the molecule is CC1=CC/C=C(/F)CCC=C1C. The zero-order chi connectivity index (χ0) is 8.97. The molecule has 0 N–H and O–H groups in total. The zero-order valence-electron chi connectivity index (χ0n) is 7.73. The maximum Gasteiger partial charge on any atom is 0.0966 e. The summed E-state index contributed by atoms with van der Waals surface area (Å²) >= 11 is 0. The average Bonchev–Trinajstić information content (AvgIpc) is 2.08. The van der Waals surface area contributed by atoms with Gasteiger partial charge in [0.05, 0.1) is 5.83 Å². The molecule has 0 saturated heterocycles. The monoisotopic (exact) mass is 166 g/mol. The Balaban J connectivity index is 2.77. The number of hydrogen-bond donors (Lipinski definition) is 0. The third-order valence-corrected chi connectivity index (χ3v) is 2.22. The molecule has 1 rings (SSSR count). The van der Waals surface area contributed by atoms with Crippen LogP contribution in [-0.4, -0.2) is 0 Å². The molecule has 0 radical (unpaired) electrons. The van der Waals surface area contributed by atoms with E-state index in [1.165, 1.54) is 11.1 Å². The molecule has 0 aliphatic heterocycles. The van der Waals surface area contributed by atoms with Gasteiger partial charge in [-0.2, -0.15) is 0 Å². The molecule has 0 unspecified atom stereocenters. The second kappa shape index (κ2) is 4.24. The fourth-order valence-corrected chi connectivity index (χ4v) is 1.21. The highest BCUT2D eigenvalue weighted by molar-refractivity contribution is 5.28. The summed E-state index contributed by atoms with van der Waals surface area (Å²) in [7, 11) is 0. The van der Waals surface area contributed by atoms with E-state index in [4.69, 9.17) is 0 Å². The highest BCUT2D eigenvalue weighted by Gasteiger charge is 1.98. The fraction of sp³-hybridized carbons (Fsp3) is 0.455. The van der Waals surface area contributed by atoms with Crippen molar-refractivity contribution in [3.63, 3.8) is 0 Å². The highest BCUT2D eigenvalue weighted by Crippen LogP contribution is 2.17. The van der Waals surface area contributed by atoms with Crippen LogP contribution in [0.3, 0.4) is 0 Å². The molecule has 0 aromatic heterocycles. The second-order valence-corrected chi connectivity index (χ2v) is 3.20. The van der Waals surface area contributed by atoms with Crippen LogP contribution in [0.4, 0.5) is 4.39 Å². The second-order valence-electron chi connectivity index (χ2n) is 3.20. The summed E-state index contributed by atoms with van der Waals surface area (Å²) in [6.07, 6.45) is 7.93. The van der Waals surface area contributed by atoms with Gasteiger partial charge in [-0.1, -0.05) is 23.3 Å². The molecular weight excluding hydrogens is 151 g/mol. The van der Waals surface area contributed by atoms with Crippen molar-refractivity contribution in [1.82, 2.24) is 0 Å². The Morgan fingerprint density at radius 1 is 1.08 bits per heavy atom. The van der Waals surface area contributed by atoms with Gasteiger partial charge in [-0.15, -0.1) is 0 Å². The van der Waals surface area contributed by atoms with Crippen molar-refractivity contribution in [1.29, 1.82) is 0 Å². The van der Waals surface area contributed by atoms with Gasteiger partial charge in [0.15, 0.2) is 0 Å². The van der Waals surface area contributed by atoms with Crippen molar-refractivity contribution in [2.45, 2.75) is 33.1 Å². The summed E-state index contributed by atoms with van der Waals surface area (Å²) in [4.78, 5) is 0. The molecule has 0 aromatic rings. The Labute approximate surface area is 73.5 Å². The van der Waals surface area contributed by atoms with Crippen LogP contribution < -0.4 is 0 Å². The average molecular weight is 166 g/mol. The van der Waals surface area contributed by atoms with Gasteiger partial charge in [0.2, 0.25) is 0 Å². The summed E-state index contributed by atoms with van der Waals surface area (Å²) < 4.78 is 12.9. The Bertz CT molecular complexity index is 244. The molecule has 0 saturated carbocycles. The van der Waals surface area contributed by atoms with Crippen LogP contribution in [0.25, 0.3) is 0 Å². The van der Waals surface area contributed by atoms with Crippen molar-refractivity contribution in [2.24, 2.45) is 0 Å². The van der Waals surface area contributed by atoms with Crippen molar-refractivity contribution in [2.75, 3.05) is 0 Å². The molecule has 0 aromatic carbocycles. The van der Waals surface area contributed by atoms with Crippen molar-refractivity contribution >= 4 is 0 Å². The molecule has 12 heavy (non-hydrogen) atoms. The van der Waals surface area contributed by atoms with E-state index in [1.54, 1.807) is 6.08 Å². The van der Waals surface area contributed by atoms with Crippen molar-refractivity contribution in [3.8, 4) is 0 Å². The maximum atomic E-state index is 12.9. The minimum Gasteiger partial charge on any atom is -0.212 e. The van der Waals surface area contributed by atoms with Crippen LogP contribution in [0, 0.1) is 0 Å². The highest BCUT2D eigenvalue weighted by atomic mass is 19.1. The van der Waals surface area contributed by atoms with E-state index in [9.17, 15) is 4.39 Å². The van der Waals surface area contributed by atoms with Gasteiger partial charge in [-0.25, -0.2) is 4.39 Å². The van der Waals surface area contributed by atoms with Crippen molar-refractivity contribution < 1.29 is 4.39 Å². The molecule has 1 aliphatic rings. The third-order valence-electron chi connectivity index (χ3n) is 2.22. The quantitative estimate of drug-likeness (QED) is 0.511. The lowest BCUT2D eigenvalue weighted by molar-refractivity contribution is 0.588. The molecule has 0 spiro atoms. The van der Waals surface area contributed by atoms with E-state index in [2.05, 4.69) is 26.0 Å². The van der Waals surface area contributed by atoms with E-state index in [1.807, 2.05) is 0 Å². The smallest absolute Gasteiger partial charge is 0.0966 e. The lowest BCUT2D eigenvalue weighted by Gasteiger charge is -1.98. The normalized spacial score (nSPS) is 24.1. The summed E-state index contributed by atoms with van der Waals surface area (Å²) in [5, 5.41) is 0. The zero-order valence-corrected chi connectivity index (χ0v) is 7.73. The minimum absolute atomic E-state index is 0.0185. The molecule has 1 heteroatoms. The number of allylic oxidation sites excluding steroid dienone is 6. The van der Waals surface area contributed by atoms with Crippen LogP contribution in [0.5, 0.6) is 0 Å². The Morgan fingerprint density at radius 2 is 1.75 bits per heavy atom. The topological polar surface area (TPSA) is 0 Å². The molecular formula is C11H15F. The van der Waals surface area contributed by atoms with Crippen LogP contribution >= 0.6 is 0 Å². The molecule has 0 nitrogen and oxygen atoms in total. The molecule has 0 fully saturated rings. The number of halogens is 1. The summed E-state index contributed by atoms with van der Waals surface area (Å²) in [5.74, 6) is 0.0185. The van der Waals surface area contributed by atoms with Gasteiger partial charge >= 0.3 is 0 Å². The Kier molecular flexibility index (Phi) is 3.27. The van der Waals surface area contributed by atoms with E-state index >= 15 is 0 Å². The van der Waals surface area contributed by atoms with Crippen LogP contribution in [-0.2, 0) is 0 Å². The minimum atomic E-state index is 0.0185. The molecule has 66 valence electrons. The summed E-state index contributed by atoms with van der Waals surface area (Å²) in [5.41, 5.74) is 2.54. The van der Waals surface area contributed by atoms with Gasteiger partial charge in [-0.05, 0) is 32.8 Å². The lowest BCUT2D eigenvalue weighted by Crippen LogP contribution is -1.78. The van der Waals surface area contributed by atoms with Gasteiger partial charge < -0.3 is 0 Å². The predicted octanol–water partition coefficient (Wildman–Crippen LogP) is 3.92. The van der Waals surface area contributed by atoms with Crippen molar-refractivity contribution in [3.05, 3.63) is 35.2 Å². The fourth-order valence-electron chi connectivity index (χ4n) is 1.21. The Morgan fingerprint density at radius 3 is 2.50 bits per heavy atom. The summed E-state index contributed by atoms with van der Waals surface area (Å²) in [6, 6.07) is 0. The number of hydrogen-bond acceptors (Lipinski definition) is 0. The van der Waals surface area contributed by atoms with Gasteiger partial charge in [0.25, 0.3) is 0 Å². The largest absolute Gasteiger partial charge is 0.212 e. The molecule has 0 bridgehead atoms. The Hall–Kier alpha value is -0.850. The van der Waals surface area contributed by atoms with E-state index < -0.39 is 0 Å². The van der Waals surface area contributed by atoms with Gasteiger partial charge in [0, 0.05) is 6.42 Å². The van der Waals surface area contributed by atoms with Gasteiger partial charge in [0.1, 0.15) is 0 Å². The van der Waals surface area contributed by atoms with E-state index in [-0.39, 0.29) is 5.83 Å². The van der Waals surface area contributed by atoms with E-state index in [0.717, 1.165) is 12.8 Å². The first kappa shape index (κ1) is 9.24. The number of rotatable bonds is 0. The predicted molar refractivity (Wildman–Crippen MR) is 50.6 cm³/mol. The van der Waals surface area contributed by atoms with Crippen LogP contribution in [0.1, 0.15) is 33.1 Å². The lowest BCUT2D eigenvalue weighted by atomic mass is 10.1. The van der Waals surface area contributed by atoms with Gasteiger partial charge in [-0.3, -0.25) is 0 Å². The summed E-state index contributed by atoms with van der Waals surface area (Å²) in [6.45, 7) is 4.15.